The number of carbonyl (C=O) groups is 1. The Morgan fingerprint density at radius 2 is 1.97 bits per heavy atom. The van der Waals surface area contributed by atoms with Crippen LogP contribution in [-0.2, 0) is 0 Å². The van der Waals surface area contributed by atoms with Crippen molar-refractivity contribution in [2.75, 3.05) is 0 Å². The molecular formula is C20H19F2N7O2. The maximum absolute atomic E-state index is 13.7. The van der Waals surface area contributed by atoms with Gasteiger partial charge in [-0.25, -0.2) is 22.8 Å². The lowest BCUT2D eigenvalue weighted by atomic mass is 9.96. The summed E-state index contributed by atoms with van der Waals surface area (Å²) < 4.78 is 31.8. The third-order valence-corrected chi connectivity index (χ3v) is 5.65. The Bertz CT molecular complexity index is 1250. The zero-order valence-corrected chi connectivity index (χ0v) is 16.4. The van der Waals surface area contributed by atoms with E-state index >= 15 is 0 Å². The molecule has 31 heavy (non-hydrogen) atoms. The summed E-state index contributed by atoms with van der Waals surface area (Å²) in [6.45, 7) is 0. The number of halogens is 2. The molecule has 0 aliphatic heterocycles. The van der Waals surface area contributed by atoms with E-state index in [4.69, 9.17) is 5.11 Å². The van der Waals surface area contributed by atoms with Crippen molar-refractivity contribution < 1.29 is 18.7 Å². The van der Waals surface area contributed by atoms with E-state index < -0.39 is 12.4 Å². The van der Waals surface area contributed by atoms with Gasteiger partial charge in [-0.1, -0.05) is 24.5 Å². The fraction of sp³-hybridized carbons (Fsp3) is 0.350. The average Bonchev–Trinajstić information content (AvgIpc) is 3.50. The van der Waals surface area contributed by atoms with E-state index in [9.17, 15) is 13.6 Å². The van der Waals surface area contributed by atoms with Gasteiger partial charge in [-0.2, -0.15) is 10.2 Å². The lowest BCUT2D eigenvalue weighted by Crippen LogP contribution is -2.13. The predicted octanol–water partition coefficient (Wildman–Crippen LogP) is 3.92. The number of aromatic carboxylic acids is 1. The minimum absolute atomic E-state index is 0.0671. The average molecular weight is 427 g/mol. The van der Waals surface area contributed by atoms with E-state index in [1.165, 1.54) is 21.5 Å². The molecule has 1 saturated carbocycles. The van der Waals surface area contributed by atoms with Crippen LogP contribution in [0.3, 0.4) is 0 Å². The van der Waals surface area contributed by atoms with Crippen molar-refractivity contribution in [3.63, 3.8) is 0 Å². The largest absolute Gasteiger partial charge is 0.478 e. The predicted molar refractivity (Wildman–Crippen MR) is 105 cm³/mol. The summed E-state index contributed by atoms with van der Waals surface area (Å²) in [5.74, 6) is -1.07. The number of rotatable bonds is 5. The second-order valence-electron chi connectivity index (χ2n) is 7.63. The van der Waals surface area contributed by atoms with Crippen LogP contribution in [0.2, 0.25) is 0 Å². The van der Waals surface area contributed by atoms with Crippen LogP contribution < -0.4 is 0 Å². The lowest BCUT2D eigenvalue weighted by molar-refractivity contribution is 0.0696. The molecule has 0 radical (unpaired) electrons. The first-order valence-corrected chi connectivity index (χ1v) is 10.0. The highest BCUT2D eigenvalue weighted by atomic mass is 19.3. The van der Waals surface area contributed by atoms with Gasteiger partial charge >= 0.3 is 5.97 Å². The SMILES string of the molecule is O=C(O)c1cnn2c(-c3cn(-c4cn(C5CCCCC5)nc4C(F)F)nn3)ccc2c1. The first-order chi connectivity index (χ1) is 15.0. The van der Waals surface area contributed by atoms with Gasteiger partial charge in [-0.15, -0.1) is 5.10 Å². The van der Waals surface area contributed by atoms with Crippen molar-refractivity contribution in [3.05, 3.63) is 48.0 Å². The number of hydrogen-bond donors (Lipinski definition) is 1. The van der Waals surface area contributed by atoms with Crippen LogP contribution in [0.4, 0.5) is 8.78 Å². The summed E-state index contributed by atoms with van der Waals surface area (Å²) in [7, 11) is 0. The molecule has 0 saturated heterocycles. The summed E-state index contributed by atoms with van der Waals surface area (Å²) in [6, 6.07) is 5.04. The molecule has 0 spiro atoms. The van der Waals surface area contributed by atoms with Crippen LogP contribution >= 0.6 is 0 Å². The number of alkyl halides is 2. The van der Waals surface area contributed by atoms with E-state index in [2.05, 4.69) is 20.5 Å². The Morgan fingerprint density at radius 1 is 1.16 bits per heavy atom. The Morgan fingerprint density at radius 3 is 2.71 bits per heavy atom. The maximum atomic E-state index is 13.7. The van der Waals surface area contributed by atoms with Crippen LogP contribution in [0.1, 0.15) is 60.6 Å². The van der Waals surface area contributed by atoms with Crippen LogP contribution in [-0.4, -0.2) is 45.5 Å². The molecule has 1 fully saturated rings. The van der Waals surface area contributed by atoms with Crippen LogP contribution in [0, 0.1) is 0 Å². The summed E-state index contributed by atoms with van der Waals surface area (Å²) in [4.78, 5) is 11.1. The summed E-state index contributed by atoms with van der Waals surface area (Å²) >= 11 is 0. The van der Waals surface area contributed by atoms with E-state index in [1.54, 1.807) is 29.2 Å². The summed E-state index contributed by atoms with van der Waals surface area (Å²) in [5, 5.41) is 25.6. The molecule has 1 aliphatic rings. The van der Waals surface area contributed by atoms with Crippen molar-refractivity contribution in [1.82, 2.24) is 34.4 Å². The van der Waals surface area contributed by atoms with Crippen LogP contribution in [0.15, 0.2) is 36.8 Å². The van der Waals surface area contributed by atoms with Crippen molar-refractivity contribution in [2.24, 2.45) is 0 Å². The van der Waals surface area contributed by atoms with Crippen molar-refractivity contribution in [3.8, 4) is 17.1 Å². The van der Waals surface area contributed by atoms with E-state index in [0.717, 1.165) is 32.1 Å². The second kappa shape index (κ2) is 7.56. The van der Waals surface area contributed by atoms with Gasteiger partial charge in [0.15, 0.2) is 5.69 Å². The minimum atomic E-state index is -2.74. The van der Waals surface area contributed by atoms with Gasteiger partial charge in [-0.05, 0) is 31.0 Å². The third-order valence-electron chi connectivity index (χ3n) is 5.65. The number of hydrogen-bond acceptors (Lipinski definition) is 5. The van der Waals surface area contributed by atoms with E-state index in [0.29, 0.717) is 16.9 Å². The quantitative estimate of drug-likeness (QED) is 0.518. The Balaban J connectivity index is 1.51. The first kappa shape index (κ1) is 19.3. The minimum Gasteiger partial charge on any atom is -0.478 e. The van der Waals surface area contributed by atoms with Gasteiger partial charge in [0.05, 0.1) is 41.4 Å². The van der Waals surface area contributed by atoms with Crippen molar-refractivity contribution in [2.45, 2.75) is 44.6 Å². The monoisotopic (exact) mass is 427 g/mol. The molecule has 160 valence electrons. The third kappa shape index (κ3) is 3.45. The van der Waals surface area contributed by atoms with Gasteiger partial charge in [0, 0.05) is 0 Å². The molecule has 0 aromatic carbocycles. The smallest absolute Gasteiger partial charge is 0.337 e. The zero-order chi connectivity index (χ0) is 21.5. The first-order valence-electron chi connectivity index (χ1n) is 10.0. The fourth-order valence-electron chi connectivity index (χ4n) is 4.07. The Kier molecular flexibility index (Phi) is 4.72. The summed E-state index contributed by atoms with van der Waals surface area (Å²) in [5.41, 5.74) is 1.49. The Hall–Kier alpha value is -3.63. The van der Waals surface area contributed by atoms with Crippen molar-refractivity contribution in [1.29, 1.82) is 0 Å². The number of carboxylic acids is 1. The topological polar surface area (TPSA) is 103 Å². The highest BCUT2D eigenvalue weighted by Gasteiger charge is 2.25. The molecule has 4 aromatic rings. The van der Waals surface area contributed by atoms with Crippen molar-refractivity contribution >= 4 is 11.5 Å². The molecule has 5 rings (SSSR count). The van der Waals surface area contributed by atoms with Gasteiger partial charge < -0.3 is 5.11 Å². The Labute approximate surface area is 174 Å². The molecule has 4 aromatic heterocycles. The zero-order valence-electron chi connectivity index (χ0n) is 16.4. The number of fused-ring (bicyclic) bond motifs is 1. The number of nitrogens with zero attached hydrogens (tertiary/aromatic N) is 7. The molecule has 11 heteroatoms. The fourth-order valence-corrected chi connectivity index (χ4v) is 4.07. The molecule has 1 aliphatic carbocycles. The van der Waals surface area contributed by atoms with Gasteiger partial charge in [-0.3, -0.25) is 4.68 Å². The van der Waals surface area contributed by atoms with Crippen LogP contribution in [0.5, 0.6) is 0 Å². The number of aromatic nitrogens is 7. The highest BCUT2D eigenvalue weighted by Crippen LogP contribution is 2.32. The van der Waals surface area contributed by atoms with Gasteiger partial charge in [0.25, 0.3) is 6.43 Å². The molecule has 0 amide bonds. The molecule has 9 nitrogen and oxygen atoms in total. The molecular weight excluding hydrogens is 408 g/mol. The molecule has 0 unspecified atom stereocenters. The second-order valence-corrected chi connectivity index (χ2v) is 7.63. The lowest BCUT2D eigenvalue weighted by Gasteiger charge is -2.21. The number of carboxylic acid groups (broad SMARTS) is 1. The van der Waals surface area contributed by atoms with Crippen LogP contribution in [0.25, 0.3) is 22.6 Å². The maximum Gasteiger partial charge on any atom is 0.337 e. The molecule has 1 N–H and O–H groups in total. The summed E-state index contributed by atoms with van der Waals surface area (Å²) in [6.07, 6.45) is 6.80. The van der Waals surface area contributed by atoms with Gasteiger partial charge in [0.1, 0.15) is 11.4 Å². The van der Waals surface area contributed by atoms with E-state index in [-0.39, 0.29) is 23.0 Å². The van der Waals surface area contributed by atoms with Gasteiger partial charge in [0.2, 0.25) is 0 Å². The molecule has 0 bridgehead atoms. The highest BCUT2D eigenvalue weighted by molar-refractivity contribution is 5.88. The molecule has 4 heterocycles. The normalized spacial score (nSPS) is 15.2. The molecule has 0 atom stereocenters. The van der Waals surface area contributed by atoms with E-state index in [1.807, 2.05) is 0 Å². The standard InChI is InChI=1S/C20H19F2N7O2/c21-19(22)18-17(11-27(25-18)13-4-2-1-3-5-13)28-10-15(24-26-28)16-7-6-14-8-12(20(30)31)9-23-29(14)16/h6-11,13,19H,1-5H2,(H,30,31).